The van der Waals surface area contributed by atoms with Crippen LogP contribution in [0.4, 0.5) is 10.7 Å². The number of benzene rings is 1. The maximum absolute atomic E-state index is 12.5. The Morgan fingerprint density at radius 1 is 1.23 bits per heavy atom. The normalized spacial score (nSPS) is 12.3. The van der Waals surface area contributed by atoms with Crippen molar-refractivity contribution in [3.8, 4) is 5.75 Å². The van der Waals surface area contributed by atoms with Gasteiger partial charge in [0.05, 0.1) is 18.4 Å². The van der Waals surface area contributed by atoms with E-state index in [9.17, 15) is 9.59 Å². The highest BCUT2D eigenvalue weighted by atomic mass is 32.1. The molecule has 1 aromatic carbocycles. The molecule has 26 heavy (non-hydrogen) atoms. The van der Waals surface area contributed by atoms with E-state index in [1.54, 1.807) is 25.5 Å². The number of anilines is 2. The summed E-state index contributed by atoms with van der Waals surface area (Å²) in [4.78, 5) is 23.9. The van der Waals surface area contributed by atoms with Gasteiger partial charge in [-0.05, 0) is 41.5 Å². The molecule has 0 radical (unpaired) electrons. The summed E-state index contributed by atoms with van der Waals surface area (Å²) >= 11 is 1.26. The lowest BCUT2D eigenvalue weighted by atomic mass is 9.86. The number of rotatable bonds is 6. The van der Waals surface area contributed by atoms with E-state index in [0.717, 1.165) is 11.3 Å². The van der Waals surface area contributed by atoms with Crippen molar-refractivity contribution in [2.75, 3.05) is 17.7 Å². The van der Waals surface area contributed by atoms with Gasteiger partial charge >= 0.3 is 0 Å². The lowest BCUT2D eigenvalue weighted by molar-refractivity contribution is -0.116. The van der Waals surface area contributed by atoms with E-state index in [1.807, 2.05) is 18.2 Å². The fraction of sp³-hybridized carbons (Fsp3) is 0.368. The molecule has 0 unspecified atom stereocenters. The number of carbonyl (C=O) groups excluding carboxylic acids is 2. The van der Waals surface area contributed by atoms with E-state index in [4.69, 9.17) is 10.5 Å². The van der Waals surface area contributed by atoms with Crippen LogP contribution in [0.5, 0.6) is 5.75 Å². The number of hydrogen-bond donors (Lipinski definition) is 3. The minimum absolute atomic E-state index is 0.0262. The summed E-state index contributed by atoms with van der Waals surface area (Å²) in [5, 5.41) is 8.10. The van der Waals surface area contributed by atoms with Gasteiger partial charge in [0.15, 0.2) is 0 Å². The number of methoxy groups -OCH3 is 1. The van der Waals surface area contributed by atoms with Gasteiger partial charge in [-0.15, -0.1) is 11.3 Å². The highest BCUT2D eigenvalue weighted by Crippen LogP contribution is 2.32. The molecule has 2 amide bonds. The number of carbonyl (C=O) groups is 2. The zero-order valence-corrected chi connectivity index (χ0v) is 16.5. The highest BCUT2D eigenvalue weighted by molar-refractivity contribution is 7.14. The Hall–Kier alpha value is -2.54. The first-order chi connectivity index (χ1) is 12.1. The minimum Gasteiger partial charge on any atom is -0.495 e. The smallest absolute Gasteiger partial charge is 0.251 e. The average Bonchev–Trinajstić information content (AvgIpc) is 3.02. The van der Waals surface area contributed by atoms with Gasteiger partial charge in [0, 0.05) is 0 Å². The van der Waals surface area contributed by atoms with Gasteiger partial charge in [0.25, 0.3) is 5.91 Å². The first-order valence-corrected chi connectivity index (χ1v) is 9.14. The fourth-order valence-electron chi connectivity index (χ4n) is 2.41. The molecule has 2 rings (SSSR count). The Labute approximate surface area is 157 Å². The number of primary amides is 1. The number of nitrogens with one attached hydrogen (secondary N) is 2. The van der Waals surface area contributed by atoms with Crippen molar-refractivity contribution in [1.82, 2.24) is 0 Å². The molecular weight excluding hydrogens is 350 g/mol. The Kier molecular flexibility index (Phi) is 5.92. The van der Waals surface area contributed by atoms with E-state index < -0.39 is 11.9 Å². The molecule has 1 aromatic heterocycles. The molecule has 0 saturated carbocycles. The topological polar surface area (TPSA) is 93.4 Å². The number of thiophene rings is 1. The second-order valence-corrected chi connectivity index (χ2v) is 7.96. The van der Waals surface area contributed by atoms with Crippen LogP contribution in [0.15, 0.2) is 29.6 Å². The third-order valence-corrected chi connectivity index (χ3v) is 4.83. The van der Waals surface area contributed by atoms with Crippen molar-refractivity contribution in [2.45, 2.75) is 39.2 Å². The van der Waals surface area contributed by atoms with E-state index in [0.29, 0.717) is 16.3 Å². The molecule has 4 N–H and O–H groups in total. The molecule has 140 valence electrons. The van der Waals surface area contributed by atoms with Crippen molar-refractivity contribution in [3.63, 3.8) is 0 Å². The van der Waals surface area contributed by atoms with Crippen LogP contribution >= 0.6 is 11.3 Å². The van der Waals surface area contributed by atoms with Crippen LogP contribution in [0.1, 0.15) is 43.6 Å². The monoisotopic (exact) mass is 375 g/mol. The molecule has 0 fully saturated rings. The maximum atomic E-state index is 12.5. The predicted molar refractivity (Wildman–Crippen MR) is 106 cm³/mol. The molecule has 0 bridgehead atoms. The summed E-state index contributed by atoms with van der Waals surface area (Å²) in [6.07, 6.45) is 0. The predicted octanol–water partition coefficient (Wildman–Crippen LogP) is 3.59. The first-order valence-electron chi connectivity index (χ1n) is 8.26. The molecular formula is C19H25N3O3S. The molecule has 2 aromatic rings. The minimum atomic E-state index is -0.568. The summed E-state index contributed by atoms with van der Waals surface area (Å²) in [5.41, 5.74) is 7.46. The lowest BCUT2D eigenvalue weighted by Crippen LogP contribution is -2.32. The molecule has 0 saturated heterocycles. The highest BCUT2D eigenvalue weighted by Gasteiger charge is 2.20. The molecule has 0 aliphatic rings. The third kappa shape index (κ3) is 4.54. The van der Waals surface area contributed by atoms with Crippen molar-refractivity contribution >= 4 is 33.8 Å². The van der Waals surface area contributed by atoms with Gasteiger partial charge in [0.1, 0.15) is 16.8 Å². The van der Waals surface area contributed by atoms with Gasteiger partial charge in [-0.1, -0.05) is 26.8 Å². The average molecular weight is 375 g/mol. The summed E-state index contributed by atoms with van der Waals surface area (Å²) < 4.78 is 5.40. The number of hydrogen-bond acceptors (Lipinski definition) is 5. The molecule has 1 heterocycles. The number of nitrogens with two attached hydrogens (primary N) is 1. The van der Waals surface area contributed by atoms with E-state index in [-0.39, 0.29) is 11.3 Å². The van der Waals surface area contributed by atoms with E-state index in [1.165, 1.54) is 11.3 Å². The summed E-state index contributed by atoms with van der Waals surface area (Å²) in [5.74, 6) is -0.175. The largest absolute Gasteiger partial charge is 0.495 e. The SMILES string of the molecule is COc1ccc(C(C)(C)C)cc1N[C@@H](C)C(=O)Nc1sccc1C(N)=O. The summed E-state index contributed by atoms with van der Waals surface area (Å²) in [6, 6.07) is 6.94. The second kappa shape index (κ2) is 7.78. The van der Waals surface area contributed by atoms with Gasteiger partial charge in [-0.2, -0.15) is 0 Å². The van der Waals surface area contributed by atoms with Gasteiger partial charge < -0.3 is 21.1 Å². The van der Waals surface area contributed by atoms with Crippen LogP contribution in [0.25, 0.3) is 0 Å². The third-order valence-electron chi connectivity index (χ3n) is 4.00. The summed E-state index contributed by atoms with van der Waals surface area (Å²) in [6.45, 7) is 8.11. The van der Waals surface area contributed by atoms with Gasteiger partial charge in [-0.25, -0.2) is 0 Å². The Bertz CT molecular complexity index is 809. The molecule has 0 spiro atoms. The number of amides is 2. The standard InChI is InChI=1S/C19H25N3O3S/c1-11(17(24)22-18-13(16(20)23)8-9-26-18)21-14-10-12(19(2,3)4)6-7-15(14)25-5/h6-11,21H,1-5H3,(H2,20,23)(H,22,24)/t11-/m0/s1. The fourth-order valence-corrected chi connectivity index (χ4v) is 3.20. The van der Waals surface area contributed by atoms with E-state index >= 15 is 0 Å². The van der Waals surface area contributed by atoms with Gasteiger partial charge in [-0.3, -0.25) is 9.59 Å². The van der Waals surface area contributed by atoms with Crippen LogP contribution in [-0.2, 0) is 10.2 Å². The second-order valence-electron chi connectivity index (χ2n) is 7.05. The van der Waals surface area contributed by atoms with Crippen molar-refractivity contribution < 1.29 is 14.3 Å². The Morgan fingerprint density at radius 3 is 2.50 bits per heavy atom. The Morgan fingerprint density at radius 2 is 1.92 bits per heavy atom. The Balaban J connectivity index is 2.18. The summed E-state index contributed by atoms with van der Waals surface area (Å²) in [7, 11) is 1.59. The quantitative estimate of drug-likeness (QED) is 0.719. The molecule has 0 aliphatic heterocycles. The molecule has 0 aliphatic carbocycles. The molecule has 7 heteroatoms. The lowest BCUT2D eigenvalue weighted by Gasteiger charge is -2.23. The van der Waals surface area contributed by atoms with Gasteiger partial charge in [0.2, 0.25) is 5.91 Å². The van der Waals surface area contributed by atoms with Crippen molar-refractivity contribution in [2.24, 2.45) is 5.73 Å². The first kappa shape index (κ1) is 19.8. The van der Waals surface area contributed by atoms with Crippen molar-refractivity contribution in [3.05, 3.63) is 40.8 Å². The van der Waals surface area contributed by atoms with Crippen LogP contribution in [-0.4, -0.2) is 25.0 Å². The molecule has 1 atom stereocenters. The maximum Gasteiger partial charge on any atom is 0.251 e. The van der Waals surface area contributed by atoms with Crippen molar-refractivity contribution in [1.29, 1.82) is 0 Å². The van der Waals surface area contributed by atoms with Crippen LogP contribution in [0, 0.1) is 0 Å². The van der Waals surface area contributed by atoms with Crippen LogP contribution in [0.3, 0.4) is 0 Å². The number of ether oxygens (including phenoxy) is 1. The zero-order valence-electron chi connectivity index (χ0n) is 15.7. The van der Waals surface area contributed by atoms with Crippen LogP contribution < -0.4 is 21.1 Å². The molecule has 6 nitrogen and oxygen atoms in total. The van der Waals surface area contributed by atoms with Crippen LogP contribution in [0.2, 0.25) is 0 Å². The zero-order chi connectivity index (χ0) is 19.5. The van der Waals surface area contributed by atoms with E-state index in [2.05, 4.69) is 31.4 Å².